The van der Waals surface area contributed by atoms with Crippen LogP contribution in [0.5, 0.6) is 17.2 Å². The molecule has 3 N–H and O–H groups in total. The van der Waals surface area contributed by atoms with Gasteiger partial charge in [0.05, 0.1) is 5.69 Å². The van der Waals surface area contributed by atoms with Crippen LogP contribution in [-0.2, 0) is 0 Å². The van der Waals surface area contributed by atoms with Crippen molar-refractivity contribution in [3.8, 4) is 17.2 Å². The lowest BCUT2D eigenvalue weighted by atomic mass is 9.98. The van der Waals surface area contributed by atoms with Gasteiger partial charge in [-0.15, -0.1) is 0 Å². The molecule has 3 rings (SSSR count). The SMILES string of the molecule is CC[C@H](C)c1ccc(O)c(NC(=S)NC(=O)c2ccc3c(c2)OCCO3)c1. The van der Waals surface area contributed by atoms with Gasteiger partial charge in [0.1, 0.15) is 19.0 Å². The van der Waals surface area contributed by atoms with E-state index in [2.05, 4.69) is 24.5 Å². The second kappa shape index (κ2) is 8.26. The average molecular weight is 386 g/mol. The number of carbonyl (C=O) groups is 1. The van der Waals surface area contributed by atoms with E-state index in [1.165, 1.54) is 0 Å². The Morgan fingerprint density at radius 3 is 2.67 bits per heavy atom. The predicted molar refractivity (Wildman–Crippen MR) is 108 cm³/mol. The molecule has 0 radical (unpaired) electrons. The molecular formula is C20H22N2O4S. The molecule has 0 bridgehead atoms. The standard InChI is InChI=1S/C20H22N2O4S/c1-3-12(2)13-4-6-16(23)15(10-13)21-20(27)22-19(24)14-5-7-17-18(11-14)26-9-8-25-17/h4-7,10-12,23H,3,8-9H2,1-2H3,(H2,21,22,24,27)/t12-/m0/s1. The molecule has 2 aromatic rings. The van der Waals surface area contributed by atoms with Crippen LogP contribution in [0.2, 0.25) is 0 Å². The molecule has 1 aliphatic heterocycles. The van der Waals surface area contributed by atoms with E-state index in [1.54, 1.807) is 24.3 Å². The summed E-state index contributed by atoms with van der Waals surface area (Å²) in [6.07, 6.45) is 0.982. The number of hydrogen-bond donors (Lipinski definition) is 3. The highest BCUT2D eigenvalue weighted by molar-refractivity contribution is 7.80. The van der Waals surface area contributed by atoms with Crippen LogP contribution in [-0.4, -0.2) is 29.3 Å². The quantitative estimate of drug-likeness (QED) is 0.548. The van der Waals surface area contributed by atoms with E-state index < -0.39 is 0 Å². The molecule has 0 spiro atoms. The van der Waals surface area contributed by atoms with Crippen LogP contribution in [0.15, 0.2) is 36.4 Å². The first-order valence-corrected chi connectivity index (χ1v) is 9.23. The summed E-state index contributed by atoms with van der Waals surface area (Å²) in [5.74, 6) is 1.20. The maximum atomic E-state index is 12.4. The fourth-order valence-electron chi connectivity index (χ4n) is 2.71. The van der Waals surface area contributed by atoms with E-state index in [4.69, 9.17) is 21.7 Å². The highest BCUT2D eigenvalue weighted by Gasteiger charge is 2.16. The highest BCUT2D eigenvalue weighted by atomic mass is 32.1. The molecule has 1 heterocycles. The third-order valence-corrected chi connectivity index (χ3v) is 4.69. The molecule has 6 nitrogen and oxygen atoms in total. The predicted octanol–water partition coefficient (Wildman–Crippen LogP) is 3.80. The summed E-state index contributed by atoms with van der Waals surface area (Å²) in [6, 6.07) is 10.3. The Bertz CT molecular complexity index is 869. The third kappa shape index (κ3) is 4.49. The van der Waals surface area contributed by atoms with Crippen LogP contribution in [0, 0.1) is 0 Å². The van der Waals surface area contributed by atoms with Gasteiger partial charge in [-0.1, -0.05) is 19.9 Å². The van der Waals surface area contributed by atoms with Gasteiger partial charge in [-0.25, -0.2) is 0 Å². The average Bonchev–Trinajstić information content (AvgIpc) is 2.68. The Labute approximate surface area is 163 Å². The van der Waals surface area contributed by atoms with E-state index in [9.17, 15) is 9.90 Å². The van der Waals surface area contributed by atoms with Crippen LogP contribution < -0.4 is 20.1 Å². The number of amides is 1. The zero-order valence-corrected chi connectivity index (χ0v) is 16.1. The number of hydrogen-bond acceptors (Lipinski definition) is 5. The number of fused-ring (bicyclic) bond motifs is 1. The van der Waals surface area contributed by atoms with Crippen molar-refractivity contribution in [2.24, 2.45) is 0 Å². The second-order valence-electron chi connectivity index (χ2n) is 6.35. The summed E-state index contributed by atoms with van der Waals surface area (Å²) >= 11 is 5.22. The molecule has 0 aromatic heterocycles. The van der Waals surface area contributed by atoms with Crippen LogP contribution in [0.1, 0.15) is 42.1 Å². The first-order chi connectivity index (χ1) is 13.0. The van der Waals surface area contributed by atoms with Crippen LogP contribution in [0.3, 0.4) is 0 Å². The van der Waals surface area contributed by atoms with Gasteiger partial charge >= 0.3 is 0 Å². The molecule has 142 valence electrons. The molecule has 0 saturated carbocycles. The smallest absolute Gasteiger partial charge is 0.257 e. The number of ether oxygens (including phenoxy) is 2. The van der Waals surface area contributed by atoms with Crippen molar-refractivity contribution in [3.63, 3.8) is 0 Å². The van der Waals surface area contributed by atoms with Gasteiger partial charge in [0, 0.05) is 5.56 Å². The fraction of sp³-hybridized carbons (Fsp3) is 0.300. The number of nitrogens with one attached hydrogen (secondary N) is 2. The Hall–Kier alpha value is -2.80. The first kappa shape index (κ1) is 19.0. The molecule has 1 atom stereocenters. The number of rotatable bonds is 4. The van der Waals surface area contributed by atoms with Crippen LogP contribution in [0.4, 0.5) is 5.69 Å². The number of benzene rings is 2. The van der Waals surface area contributed by atoms with E-state index in [-0.39, 0.29) is 16.8 Å². The van der Waals surface area contributed by atoms with Gasteiger partial charge in [0.2, 0.25) is 0 Å². The summed E-state index contributed by atoms with van der Waals surface area (Å²) in [6.45, 7) is 5.15. The lowest BCUT2D eigenvalue weighted by Gasteiger charge is -2.19. The van der Waals surface area contributed by atoms with E-state index >= 15 is 0 Å². The zero-order chi connectivity index (χ0) is 19.4. The van der Waals surface area contributed by atoms with Crippen molar-refractivity contribution in [2.75, 3.05) is 18.5 Å². The first-order valence-electron chi connectivity index (χ1n) is 8.82. The Morgan fingerprint density at radius 2 is 1.93 bits per heavy atom. The molecule has 27 heavy (non-hydrogen) atoms. The normalized spacial score (nSPS) is 13.6. The maximum Gasteiger partial charge on any atom is 0.257 e. The Kier molecular flexibility index (Phi) is 5.81. The summed E-state index contributed by atoms with van der Waals surface area (Å²) in [5, 5.41) is 15.7. The van der Waals surface area contributed by atoms with Gasteiger partial charge < -0.3 is 19.9 Å². The van der Waals surface area contributed by atoms with Crippen molar-refractivity contribution in [1.82, 2.24) is 5.32 Å². The number of thiocarbonyl (C=S) groups is 1. The van der Waals surface area contributed by atoms with Crippen LogP contribution in [0.25, 0.3) is 0 Å². The zero-order valence-electron chi connectivity index (χ0n) is 15.2. The van der Waals surface area contributed by atoms with Gasteiger partial charge in [0.25, 0.3) is 5.91 Å². The molecule has 0 unspecified atom stereocenters. The number of aromatic hydroxyl groups is 1. The number of phenolic OH excluding ortho intramolecular Hbond substituents is 1. The van der Waals surface area contributed by atoms with Crippen molar-refractivity contribution < 1.29 is 19.4 Å². The molecule has 0 aliphatic carbocycles. The fourth-order valence-corrected chi connectivity index (χ4v) is 2.91. The Morgan fingerprint density at radius 1 is 1.19 bits per heavy atom. The number of anilines is 1. The van der Waals surface area contributed by atoms with Crippen molar-refractivity contribution in [1.29, 1.82) is 0 Å². The molecule has 0 fully saturated rings. The van der Waals surface area contributed by atoms with Gasteiger partial charge in [-0.05, 0) is 60.5 Å². The summed E-state index contributed by atoms with van der Waals surface area (Å²) in [7, 11) is 0. The Balaban J connectivity index is 1.68. The minimum atomic E-state index is -0.373. The third-order valence-electron chi connectivity index (χ3n) is 4.48. The van der Waals surface area contributed by atoms with Crippen molar-refractivity contribution in [2.45, 2.75) is 26.2 Å². The topological polar surface area (TPSA) is 79.8 Å². The van der Waals surface area contributed by atoms with Gasteiger partial charge in [-0.2, -0.15) is 0 Å². The second-order valence-corrected chi connectivity index (χ2v) is 6.76. The van der Waals surface area contributed by atoms with Crippen molar-refractivity contribution in [3.05, 3.63) is 47.5 Å². The minimum Gasteiger partial charge on any atom is -0.506 e. The molecular weight excluding hydrogens is 364 g/mol. The van der Waals surface area contributed by atoms with E-state index in [0.717, 1.165) is 12.0 Å². The van der Waals surface area contributed by atoms with E-state index in [0.29, 0.717) is 41.9 Å². The van der Waals surface area contributed by atoms with Crippen molar-refractivity contribution >= 4 is 28.9 Å². The summed E-state index contributed by atoms with van der Waals surface area (Å²) in [4.78, 5) is 12.4. The number of phenols is 1. The lowest BCUT2D eigenvalue weighted by Crippen LogP contribution is -2.34. The summed E-state index contributed by atoms with van der Waals surface area (Å²) < 4.78 is 10.9. The van der Waals surface area contributed by atoms with Crippen LogP contribution >= 0.6 is 12.2 Å². The van der Waals surface area contributed by atoms with Gasteiger partial charge in [0.15, 0.2) is 16.6 Å². The maximum absolute atomic E-state index is 12.4. The molecule has 1 amide bonds. The lowest BCUT2D eigenvalue weighted by molar-refractivity contribution is 0.0976. The largest absolute Gasteiger partial charge is 0.506 e. The molecule has 0 saturated heterocycles. The highest BCUT2D eigenvalue weighted by Crippen LogP contribution is 2.31. The summed E-state index contributed by atoms with van der Waals surface area (Å²) in [5.41, 5.74) is 1.94. The monoisotopic (exact) mass is 386 g/mol. The molecule has 7 heteroatoms. The number of carbonyl (C=O) groups excluding carboxylic acids is 1. The molecule has 1 aliphatic rings. The van der Waals surface area contributed by atoms with E-state index in [1.807, 2.05) is 12.1 Å². The molecule has 2 aromatic carbocycles. The minimum absolute atomic E-state index is 0.0676. The van der Waals surface area contributed by atoms with Gasteiger partial charge in [-0.3, -0.25) is 10.1 Å².